The second-order valence-electron chi connectivity index (χ2n) is 8.28. The second kappa shape index (κ2) is 9.55. The van der Waals surface area contributed by atoms with Crippen LogP contribution in [0.5, 0.6) is 0 Å². The summed E-state index contributed by atoms with van der Waals surface area (Å²) >= 11 is 0. The lowest BCUT2D eigenvalue weighted by molar-refractivity contribution is -0.147. The molecule has 1 atom stereocenters. The van der Waals surface area contributed by atoms with Gasteiger partial charge in [0.15, 0.2) is 11.7 Å². The molecule has 1 saturated heterocycles. The molecule has 0 saturated carbocycles. The van der Waals surface area contributed by atoms with E-state index in [9.17, 15) is 19.5 Å². The number of hydrogen-bond acceptors (Lipinski definition) is 6. The van der Waals surface area contributed by atoms with Gasteiger partial charge in [0.25, 0.3) is 5.91 Å². The molecule has 2 aliphatic rings. The minimum absolute atomic E-state index is 0.0610. The molecule has 2 N–H and O–H groups in total. The van der Waals surface area contributed by atoms with Crippen LogP contribution in [0, 0.1) is 0 Å². The number of carboxylic acids is 1. The van der Waals surface area contributed by atoms with Crippen LogP contribution < -0.4 is 5.32 Å². The summed E-state index contributed by atoms with van der Waals surface area (Å²) in [5, 5.41) is 12.0. The van der Waals surface area contributed by atoms with Gasteiger partial charge in [-0.15, -0.1) is 0 Å². The van der Waals surface area contributed by atoms with Gasteiger partial charge in [-0.3, -0.25) is 10.1 Å². The van der Waals surface area contributed by atoms with E-state index < -0.39 is 24.0 Å². The van der Waals surface area contributed by atoms with Gasteiger partial charge in [0, 0.05) is 18.7 Å². The zero-order valence-electron chi connectivity index (χ0n) is 18.7. The minimum atomic E-state index is -1.17. The number of carbonyl (C=O) groups is 3. The van der Waals surface area contributed by atoms with Crippen molar-refractivity contribution < 1.29 is 29.0 Å². The lowest BCUT2D eigenvalue weighted by atomic mass is 9.98. The van der Waals surface area contributed by atoms with Crippen molar-refractivity contribution in [1.82, 2.24) is 9.88 Å². The van der Waals surface area contributed by atoms with E-state index in [0.717, 1.165) is 22.3 Å². The van der Waals surface area contributed by atoms with E-state index in [4.69, 9.17) is 9.47 Å². The Hall–Kier alpha value is -4.24. The highest BCUT2D eigenvalue weighted by Crippen LogP contribution is 2.44. The van der Waals surface area contributed by atoms with Crippen LogP contribution >= 0.6 is 0 Å². The molecule has 2 aromatic carbocycles. The average Bonchev–Trinajstić information content (AvgIpc) is 3.21. The lowest BCUT2D eigenvalue weighted by Gasteiger charge is -2.32. The third kappa shape index (κ3) is 4.33. The van der Waals surface area contributed by atoms with Gasteiger partial charge in [-0.2, -0.15) is 0 Å². The standard InChI is InChI=1S/C26H23N3O6/c30-24(29-12-13-34-15-22(29)25(31)32)23-21(10-5-11-27-23)28-26(33)35-14-20-18-8-3-1-6-16(18)17-7-2-4-9-19(17)20/h1-11,20,22H,12-15H2,(H,28,33)(H,31,32). The van der Waals surface area contributed by atoms with Crippen molar-refractivity contribution in [1.29, 1.82) is 0 Å². The predicted molar refractivity (Wildman–Crippen MR) is 126 cm³/mol. The molecule has 9 nitrogen and oxygen atoms in total. The van der Waals surface area contributed by atoms with Gasteiger partial charge in [-0.1, -0.05) is 48.5 Å². The SMILES string of the molecule is O=C(Nc1cccnc1C(=O)N1CCOCC1C(=O)O)OCC1c2ccccc2-c2ccccc21. The van der Waals surface area contributed by atoms with Crippen LogP contribution in [0.4, 0.5) is 10.5 Å². The van der Waals surface area contributed by atoms with E-state index in [-0.39, 0.29) is 43.7 Å². The number of ether oxygens (including phenoxy) is 2. The molecule has 0 bridgehead atoms. The molecule has 5 rings (SSSR count). The maximum atomic E-state index is 13.1. The molecule has 178 valence electrons. The fraction of sp³-hybridized carbons (Fsp3) is 0.231. The summed E-state index contributed by atoms with van der Waals surface area (Å²) in [6.45, 7) is 0.339. The van der Waals surface area contributed by atoms with Crippen molar-refractivity contribution in [2.75, 3.05) is 31.7 Å². The maximum Gasteiger partial charge on any atom is 0.411 e. The average molecular weight is 473 g/mol. The number of nitrogens with one attached hydrogen (secondary N) is 1. The molecule has 2 amide bonds. The van der Waals surface area contributed by atoms with E-state index in [0.29, 0.717) is 0 Å². The second-order valence-corrected chi connectivity index (χ2v) is 8.28. The molecule has 1 aromatic heterocycles. The van der Waals surface area contributed by atoms with Crippen LogP contribution in [0.1, 0.15) is 27.5 Å². The fourth-order valence-corrected chi connectivity index (χ4v) is 4.61. The molecular weight excluding hydrogens is 450 g/mol. The number of benzene rings is 2. The van der Waals surface area contributed by atoms with Gasteiger partial charge in [0.05, 0.1) is 18.9 Å². The van der Waals surface area contributed by atoms with Crippen molar-refractivity contribution in [2.24, 2.45) is 0 Å². The molecule has 0 radical (unpaired) electrons. The van der Waals surface area contributed by atoms with E-state index in [1.165, 1.54) is 17.2 Å². The summed E-state index contributed by atoms with van der Waals surface area (Å²) in [6.07, 6.45) is 0.678. The predicted octanol–water partition coefficient (Wildman–Crippen LogP) is 3.37. The maximum absolute atomic E-state index is 13.1. The van der Waals surface area contributed by atoms with Crippen molar-refractivity contribution in [3.8, 4) is 11.1 Å². The summed E-state index contributed by atoms with van der Waals surface area (Å²) < 4.78 is 10.8. The van der Waals surface area contributed by atoms with Crippen LogP contribution in [0.15, 0.2) is 66.9 Å². The Morgan fingerprint density at radius 3 is 2.40 bits per heavy atom. The number of hydrogen-bond donors (Lipinski definition) is 2. The first-order valence-electron chi connectivity index (χ1n) is 11.2. The smallest absolute Gasteiger partial charge is 0.411 e. The third-order valence-corrected chi connectivity index (χ3v) is 6.27. The minimum Gasteiger partial charge on any atom is -0.480 e. The largest absolute Gasteiger partial charge is 0.480 e. The van der Waals surface area contributed by atoms with Gasteiger partial charge in [0.2, 0.25) is 0 Å². The summed E-state index contributed by atoms with van der Waals surface area (Å²) in [5.41, 5.74) is 4.50. The Morgan fingerprint density at radius 2 is 1.71 bits per heavy atom. The lowest BCUT2D eigenvalue weighted by Crippen LogP contribution is -2.52. The first-order valence-corrected chi connectivity index (χ1v) is 11.2. The van der Waals surface area contributed by atoms with Gasteiger partial charge >= 0.3 is 12.1 Å². The Balaban J connectivity index is 1.30. The first kappa shape index (κ1) is 22.5. The molecule has 0 spiro atoms. The quantitative estimate of drug-likeness (QED) is 0.583. The van der Waals surface area contributed by atoms with Crippen LogP contribution in [-0.4, -0.2) is 65.4 Å². The summed E-state index contributed by atoms with van der Waals surface area (Å²) in [7, 11) is 0. The van der Waals surface area contributed by atoms with E-state index in [1.54, 1.807) is 6.07 Å². The number of aliphatic carboxylic acids is 1. The Labute approximate surface area is 201 Å². The molecule has 1 unspecified atom stereocenters. The van der Waals surface area contributed by atoms with Crippen LogP contribution in [0.2, 0.25) is 0 Å². The summed E-state index contributed by atoms with van der Waals surface area (Å²) in [4.78, 5) is 42.7. The monoisotopic (exact) mass is 473 g/mol. The molecule has 2 heterocycles. The number of amides is 2. The fourth-order valence-electron chi connectivity index (χ4n) is 4.61. The molecule has 1 aliphatic heterocycles. The van der Waals surface area contributed by atoms with Crippen molar-refractivity contribution in [3.05, 3.63) is 83.7 Å². The first-order chi connectivity index (χ1) is 17.0. The summed E-state index contributed by atoms with van der Waals surface area (Å²) in [6, 6.07) is 18.0. The number of pyridine rings is 1. The van der Waals surface area contributed by atoms with Crippen LogP contribution in [-0.2, 0) is 14.3 Å². The number of morpholine rings is 1. The number of carboxylic acid groups (broad SMARTS) is 1. The van der Waals surface area contributed by atoms with Crippen molar-refractivity contribution in [3.63, 3.8) is 0 Å². The highest BCUT2D eigenvalue weighted by atomic mass is 16.5. The molecule has 3 aromatic rings. The zero-order valence-corrected chi connectivity index (χ0v) is 18.7. The molecule has 9 heteroatoms. The normalized spacial score (nSPS) is 16.8. The number of anilines is 1. The summed E-state index contributed by atoms with van der Waals surface area (Å²) in [5.74, 6) is -1.87. The van der Waals surface area contributed by atoms with Crippen molar-refractivity contribution >= 4 is 23.7 Å². The Kier molecular flexibility index (Phi) is 6.15. The zero-order chi connectivity index (χ0) is 24.4. The van der Waals surface area contributed by atoms with Gasteiger partial charge in [-0.25, -0.2) is 14.6 Å². The number of aromatic nitrogens is 1. The van der Waals surface area contributed by atoms with E-state index in [2.05, 4.69) is 22.4 Å². The van der Waals surface area contributed by atoms with E-state index in [1.807, 2.05) is 36.4 Å². The highest BCUT2D eigenvalue weighted by Gasteiger charge is 2.35. The number of carbonyl (C=O) groups excluding carboxylic acids is 2. The molecule has 1 aliphatic carbocycles. The number of nitrogens with zero attached hydrogens (tertiary/aromatic N) is 2. The Morgan fingerprint density at radius 1 is 1.03 bits per heavy atom. The highest BCUT2D eigenvalue weighted by molar-refractivity contribution is 6.02. The topological polar surface area (TPSA) is 118 Å². The van der Waals surface area contributed by atoms with Gasteiger partial charge in [-0.05, 0) is 34.4 Å². The van der Waals surface area contributed by atoms with Crippen LogP contribution in [0.3, 0.4) is 0 Å². The Bertz CT molecular complexity index is 1250. The number of rotatable bonds is 5. The van der Waals surface area contributed by atoms with Crippen molar-refractivity contribution in [2.45, 2.75) is 12.0 Å². The molecule has 1 fully saturated rings. The molecule has 35 heavy (non-hydrogen) atoms. The van der Waals surface area contributed by atoms with Crippen LogP contribution in [0.25, 0.3) is 11.1 Å². The molecular formula is C26H23N3O6. The van der Waals surface area contributed by atoms with Gasteiger partial charge in [0.1, 0.15) is 6.61 Å². The van der Waals surface area contributed by atoms with Gasteiger partial charge < -0.3 is 19.5 Å². The van der Waals surface area contributed by atoms with E-state index >= 15 is 0 Å². The third-order valence-electron chi connectivity index (χ3n) is 6.27. The number of fused-ring (bicyclic) bond motifs is 3.